The van der Waals surface area contributed by atoms with Gasteiger partial charge in [0.1, 0.15) is 0 Å². The zero-order valence-corrected chi connectivity index (χ0v) is 9.62. The first-order valence-electron chi connectivity index (χ1n) is 7.17. The summed E-state index contributed by atoms with van der Waals surface area (Å²) in [5.41, 5.74) is 0. The molecule has 0 aromatic heterocycles. The molecule has 84 valence electrons. The van der Waals surface area contributed by atoms with Gasteiger partial charge in [-0.2, -0.15) is 0 Å². The molecule has 0 aliphatic heterocycles. The van der Waals surface area contributed by atoms with Crippen LogP contribution in [0.15, 0.2) is 0 Å². The summed E-state index contributed by atoms with van der Waals surface area (Å²) < 4.78 is 0. The second-order valence-electron chi connectivity index (χ2n) is 6.57. The van der Waals surface area contributed by atoms with Crippen LogP contribution >= 0.6 is 0 Å². The fraction of sp³-hybridized carbons (Fsp3) is 1.00. The van der Waals surface area contributed by atoms with Gasteiger partial charge in [-0.05, 0) is 68.2 Å². The summed E-state index contributed by atoms with van der Waals surface area (Å²) in [6.45, 7) is 1.34. The Morgan fingerprint density at radius 2 is 1.53 bits per heavy atom. The van der Waals surface area contributed by atoms with Crippen LogP contribution in [0, 0.1) is 29.6 Å². The molecule has 4 saturated carbocycles. The van der Waals surface area contributed by atoms with Gasteiger partial charge in [-0.3, -0.25) is 0 Å². The molecule has 0 aromatic carbocycles. The van der Waals surface area contributed by atoms with Gasteiger partial charge in [0.2, 0.25) is 0 Å². The maximum Gasteiger partial charge on any atom is 0.0136 e. The highest BCUT2D eigenvalue weighted by molar-refractivity contribution is 5.16. The molecule has 0 amide bonds. The van der Waals surface area contributed by atoms with E-state index in [1.165, 1.54) is 32.2 Å². The Bertz CT molecular complexity index is 240. The van der Waals surface area contributed by atoms with Crippen LogP contribution in [-0.4, -0.2) is 12.6 Å². The minimum atomic E-state index is 0.969. The van der Waals surface area contributed by atoms with E-state index in [4.69, 9.17) is 0 Å². The molecular weight excluding hydrogens is 182 g/mol. The Labute approximate surface area is 93.0 Å². The van der Waals surface area contributed by atoms with E-state index < -0.39 is 0 Å². The number of rotatable bonds is 3. The molecule has 4 atom stereocenters. The van der Waals surface area contributed by atoms with Gasteiger partial charge in [0, 0.05) is 6.04 Å². The fourth-order valence-electron chi connectivity index (χ4n) is 5.12. The van der Waals surface area contributed by atoms with Crippen molar-refractivity contribution in [2.75, 3.05) is 6.54 Å². The minimum absolute atomic E-state index is 0.969. The maximum absolute atomic E-state index is 3.90. The van der Waals surface area contributed by atoms with Crippen molar-refractivity contribution in [1.29, 1.82) is 0 Å². The van der Waals surface area contributed by atoms with Gasteiger partial charge >= 0.3 is 0 Å². The van der Waals surface area contributed by atoms with Crippen LogP contribution in [0.4, 0.5) is 0 Å². The summed E-state index contributed by atoms with van der Waals surface area (Å²) >= 11 is 0. The first-order valence-corrected chi connectivity index (χ1v) is 7.17. The van der Waals surface area contributed by atoms with Crippen LogP contribution in [0.25, 0.3) is 0 Å². The van der Waals surface area contributed by atoms with Crippen molar-refractivity contribution in [2.45, 2.75) is 51.0 Å². The van der Waals surface area contributed by atoms with Crippen molar-refractivity contribution in [3.8, 4) is 0 Å². The summed E-state index contributed by atoms with van der Waals surface area (Å²) in [4.78, 5) is 0. The Kier molecular flexibility index (Phi) is 1.94. The van der Waals surface area contributed by atoms with Gasteiger partial charge in [-0.1, -0.05) is 12.8 Å². The fourth-order valence-corrected chi connectivity index (χ4v) is 5.12. The first-order chi connectivity index (χ1) is 7.43. The van der Waals surface area contributed by atoms with E-state index in [9.17, 15) is 0 Å². The predicted octanol–water partition coefficient (Wildman–Crippen LogP) is 2.81. The lowest BCUT2D eigenvalue weighted by atomic mass is 10.0. The van der Waals surface area contributed by atoms with Crippen molar-refractivity contribution >= 4 is 0 Å². The van der Waals surface area contributed by atoms with Crippen LogP contribution < -0.4 is 5.32 Å². The average Bonchev–Trinajstić information content (AvgIpc) is 2.72. The normalized spacial score (nSPS) is 52.4. The van der Waals surface area contributed by atoms with E-state index in [2.05, 4.69) is 5.32 Å². The van der Waals surface area contributed by atoms with Crippen LogP contribution in [-0.2, 0) is 0 Å². The van der Waals surface area contributed by atoms with Crippen molar-refractivity contribution < 1.29 is 0 Å². The highest BCUT2D eigenvalue weighted by atomic mass is 15.0. The SMILES string of the molecule is C1CCC(CNC2C3C4CCC(C4)C23)C1. The molecule has 0 saturated heterocycles. The molecule has 1 N–H and O–H groups in total. The minimum Gasteiger partial charge on any atom is -0.313 e. The van der Waals surface area contributed by atoms with Crippen molar-refractivity contribution in [3.63, 3.8) is 0 Å². The molecule has 0 aromatic rings. The molecule has 0 radical (unpaired) electrons. The van der Waals surface area contributed by atoms with Crippen LogP contribution in [0.1, 0.15) is 44.9 Å². The Morgan fingerprint density at radius 3 is 2.20 bits per heavy atom. The van der Waals surface area contributed by atoms with Crippen LogP contribution in [0.2, 0.25) is 0 Å². The molecule has 15 heavy (non-hydrogen) atoms. The molecule has 1 nitrogen and oxygen atoms in total. The van der Waals surface area contributed by atoms with Gasteiger partial charge in [0.05, 0.1) is 0 Å². The van der Waals surface area contributed by atoms with Crippen LogP contribution in [0.3, 0.4) is 0 Å². The van der Waals surface area contributed by atoms with E-state index in [-0.39, 0.29) is 0 Å². The number of fused-ring (bicyclic) bond motifs is 5. The van der Waals surface area contributed by atoms with Crippen molar-refractivity contribution in [1.82, 2.24) is 5.32 Å². The molecule has 4 aliphatic carbocycles. The quantitative estimate of drug-likeness (QED) is 0.747. The van der Waals surface area contributed by atoms with E-state index in [1.54, 1.807) is 19.3 Å². The molecule has 0 heterocycles. The second-order valence-corrected chi connectivity index (χ2v) is 6.57. The summed E-state index contributed by atoms with van der Waals surface area (Å²) in [5.74, 6) is 5.57. The molecular formula is C14H23N. The van der Waals surface area contributed by atoms with Gasteiger partial charge in [0.15, 0.2) is 0 Å². The predicted molar refractivity (Wildman–Crippen MR) is 61.6 cm³/mol. The van der Waals surface area contributed by atoms with Crippen molar-refractivity contribution in [2.24, 2.45) is 29.6 Å². The van der Waals surface area contributed by atoms with Crippen molar-refractivity contribution in [3.05, 3.63) is 0 Å². The molecule has 4 rings (SSSR count). The molecule has 1 heteroatoms. The van der Waals surface area contributed by atoms with E-state index >= 15 is 0 Å². The molecule has 0 spiro atoms. The third kappa shape index (κ3) is 1.32. The third-order valence-electron chi connectivity index (χ3n) is 5.85. The first kappa shape index (κ1) is 9.04. The largest absolute Gasteiger partial charge is 0.313 e. The molecule has 4 fully saturated rings. The van der Waals surface area contributed by atoms with Gasteiger partial charge in [-0.25, -0.2) is 0 Å². The zero-order valence-electron chi connectivity index (χ0n) is 9.62. The van der Waals surface area contributed by atoms with E-state index in [0.717, 1.165) is 35.6 Å². The molecule has 4 aliphatic rings. The van der Waals surface area contributed by atoms with E-state index in [1.807, 2.05) is 0 Å². The lowest BCUT2D eigenvalue weighted by Crippen LogP contribution is -2.27. The Balaban J connectivity index is 1.31. The second kappa shape index (κ2) is 3.23. The molecule has 4 unspecified atom stereocenters. The Hall–Kier alpha value is -0.0400. The van der Waals surface area contributed by atoms with E-state index in [0.29, 0.717) is 0 Å². The summed E-state index contributed by atoms with van der Waals surface area (Å²) in [6.07, 6.45) is 10.7. The zero-order chi connectivity index (χ0) is 9.83. The monoisotopic (exact) mass is 205 g/mol. The average molecular weight is 205 g/mol. The summed E-state index contributed by atoms with van der Waals surface area (Å²) in [5, 5.41) is 3.90. The summed E-state index contributed by atoms with van der Waals surface area (Å²) in [6, 6.07) is 0.969. The smallest absolute Gasteiger partial charge is 0.0136 e. The number of nitrogens with one attached hydrogen (secondary N) is 1. The van der Waals surface area contributed by atoms with Gasteiger partial charge in [0.25, 0.3) is 0 Å². The highest BCUT2D eigenvalue weighted by Crippen LogP contribution is 2.65. The highest BCUT2D eigenvalue weighted by Gasteiger charge is 2.64. The topological polar surface area (TPSA) is 12.0 Å². The third-order valence-corrected chi connectivity index (χ3v) is 5.85. The standard InChI is InChI=1S/C14H23N/c1-2-4-9(3-1)8-15-14-12-10-5-6-11(7-10)13(12)14/h9-15H,1-8H2. The lowest BCUT2D eigenvalue weighted by Gasteiger charge is -2.13. The maximum atomic E-state index is 3.90. The number of hydrogen-bond donors (Lipinski definition) is 1. The van der Waals surface area contributed by atoms with Crippen LogP contribution in [0.5, 0.6) is 0 Å². The van der Waals surface area contributed by atoms with Gasteiger partial charge < -0.3 is 5.32 Å². The van der Waals surface area contributed by atoms with Gasteiger partial charge in [-0.15, -0.1) is 0 Å². The lowest BCUT2D eigenvalue weighted by molar-refractivity contribution is 0.421. The number of hydrogen-bond acceptors (Lipinski definition) is 1. The summed E-state index contributed by atoms with van der Waals surface area (Å²) in [7, 11) is 0. The Morgan fingerprint density at radius 1 is 0.867 bits per heavy atom. The molecule has 2 bridgehead atoms.